The van der Waals surface area contributed by atoms with Crippen LogP contribution in [0.3, 0.4) is 0 Å². The molecule has 0 atom stereocenters. The van der Waals surface area contributed by atoms with Gasteiger partial charge in [0.25, 0.3) is 0 Å². The van der Waals surface area contributed by atoms with Gasteiger partial charge in [0.1, 0.15) is 0 Å². The Morgan fingerprint density at radius 3 is 1.95 bits per heavy atom. The van der Waals surface area contributed by atoms with Crippen LogP contribution < -0.4 is 4.57 Å². The van der Waals surface area contributed by atoms with Crippen molar-refractivity contribution in [2.75, 3.05) is 0 Å². The molecular formula is C9H16NO7P2+. The highest BCUT2D eigenvalue weighted by Crippen LogP contribution is 2.67. The number of aromatic nitrogens is 1. The summed E-state index contributed by atoms with van der Waals surface area (Å²) in [5.41, 5.74) is 1.65. The van der Waals surface area contributed by atoms with Gasteiger partial charge < -0.3 is 24.7 Å². The van der Waals surface area contributed by atoms with Gasteiger partial charge in [-0.25, -0.2) is 4.57 Å². The lowest BCUT2D eigenvalue weighted by atomic mass is 10.2. The second-order valence-corrected chi connectivity index (χ2v) is 8.35. The van der Waals surface area contributed by atoms with Crippen LogP contribution >= 0.6 is 15.2 Å². The quantitative estimate of drug-likeness (QED) is 0.376. The molecule has 0 saturated carbocycles. The average molecular weight is 312 g/mol. The van der Waals surface area contributed by atoms with Crippen LogP contribution in [0.25, 0.3) is 0 Å². The molecule has 0 radical (unpaired) electrons. The molecule has 1 heterocycles. The van der Waals surface area contributed by atoms with Crippen molar-refractivity contribution in [3.8, 4) is 0 Å². The minimum atomic E-state index is -5.43. The van der Waals surface area contributed by atoms with E-state index in [0.29, 0.717) is 0 Å². The Morgan fingerprint density at radius 1 is 1.11 bits per heavy atom. The predicted molar refractivity (Wildman–Crippen MR) is 65.1 cm³/mol. The second-order valence-electron chi connectivity index (χ2n) is 4.35. The van der Waals surface area contributed by atoms with Crippen LogP contribution in [-0.2, 0) is 15.7 Å². The zero-order valence-electron chi connectivity index (χ0n) is 10.3. The predicted octanol–water partition coefficient (Wildman–Crippen LogP) is -0.408. The van der Waals surface area contributed by atoms with Gasteiger partial charge in [-0.15, -0.1) is 0 Å². The third kappa shape index (κ3) is 3.30. The SMILES string of the molecule is Cc1cc[n+](CC(O)(P(=O)(O)O)P(=O)(O)O)cc1C. The molecule has 1 rings (SSSR count). The van der Waals surface area contributed by atoms with Crippen LogP contribution in [0, 0.1) is 13.8 Å². The van der Waals surface area contributed by atoms with E-state index in [-0.39, 0.29) is 0 Å². The lowest BCUT2D eigenvalue weighted by Crippen LogP contribution is -2.47. The van der Waals surface area contributed by atoms with Gasteiger partial charge in [0.2, 0.25) is 6.54 Å². The van der Waals surface area contributed by atoms with Crippen molar-refractivity contribution in [2.45, 2.75) is 25.5 Å². The van der Waals surface area contributed by atoms with Crippen LogP contribution in [0.4, 0.5) is 0 Å². The van der Waals surface area contributed by atoms with E-state index in [1.54, 1.807) is 19.9 Å². The molecule has 0 saturated heterocycles. The highest BCUT2D eigenvalue weighted by atomic mass is 31.2. The first-order chi connectivity index (χ1) is 8.38. The van der Waals surface area contributed by atoms with Gasteiger partial charge in [0, 0.05) is 11.6 Å². The zero-order valence-corrected chi connectivity index (χ0v) is 12.1. The van der Waals surface area contributed by atoms with Gasteiger partial charge in [-0.05, 0) is 19.4 Å². The van der Waals surface area contributed by atoms with Crippen molar-refractivity contribution >= 4 is 15.2 Å². The number of pyridine rings is 1. The fourth-order valence-electron chi connectivity index (χ4n) is 1.43. The lowest BCUT2D eigenvalue weighted by Gasteiger charge is -2.26. The number of hydrogen-bond acceptors (Lipinski definition) is 3. The van der Waals surface area contributed by atoms with E-state index >= 15 is 0 Å². The first kappa shape index (κ1) is 16.5. The molecule has 0 aliphatic rings. The maximum atomic E-state index is 11.2. The van der Waals surface area contributed by atoms with Gasteiger partial charge in [-0.1, -0.05) is 0 Å². The van der Waals surface area contributed by atoms with Crippen LogP contribution in [0.1, 0.15) is 11.1 Å². The van der Waals surface area contributed by atoms with Crippen molar-refractivity contribution in [2.24, 2.45) is 0 Å². The average Bonchev–Trinajstić information content (AvgIpc) is 2.20. The van der Waals surface area contributed by atoms with Crippen molar-refractivity contribution < 1.29 is 38.4 Å². The molecule has 0 aromatic carbocycles. The smallest absolute Gasteiger partial charge is 0.363 e. The molecule has 108 valence electrons. The van der Waals surface area contributed by atoms with Gasteiger partial charge >= 0.3 is 20.3 Å². The Hall–Kier alpha value is -0.590. The summed E-state index contributed by atoms with van der Waals surface area (Å²) in [6.45, 7) is 2.61. The Morgan fingerprint density at radius 2 is 1.58 bits per heavy atom. The lowest BCUT2D eigenvalue weighted by molar-refractivity contribution is -0.703. The van der Waals surface area contributed by atoms with E-state index in [2.05, 4.69) is 0 Å². The topological polar surface area (TPSA) is 139 Å². The molecular weight excluding hydrogens is 296 g/mol. The third-order valence-corrected chi connectivity index (χ3v) is 6.54. The third-order valence-electron chi connectivity index (χ3n) is 2.83. The number of aryl methyl sites for hydroxylation is 2. The summed E-state index contributed by atoms with van der Waals surface area (Å²) in [4.78, 5) is 36.1. The Balaban J connectivity index is 3.28. The molecule has 10 heteroatoms. The Kier molecular flexibility index (Phi) is 4.39. The van der Waals surface area contributed by atoms with Gasteiger partial charge in [0.05, 0.1) is 0 Å². The fraction of sp³-hybridized carbons (Fsp3) is 0.444. The zero-order chi connectivity index (χ0) is 15.1. The molecule has 0 aliphatic heterocycles. The van der Waals surface area contributed by atoms with E-state index in [4.69, 9.17) is 19.6 Å². The summed E-state index contributed by atoms with van der Waals surface area (Å²) >= 11 is 0. The number of rotatable bonds is 4. The van der Waals surface area contributed by atoms with Crippen molar-refractivity contribution in [1.29, 1.82) is 0 Å². The summed E-state index contributed by atoms with van der Waals surface area (Å²) in [5, 5.41) is 6.31. The van der Waals surface area contributed by atoms with Crippen molar-refractivity contribution in [1.82, 2.24) is 0 Å². The summed E-state index contributed by atoms with van der Waals surface area (Å²) in [7, 11) is -10.9. The Bertz CT molecular complexity index is 554. The van der Waals surface area contributed by atoms with E-state index in [0.717, 1.165) is 15.7 Å². The van der Waals surface area contributed by atoms with E-state index < -0.39 is 26.8 Å². The maximum absolute atomic E-state index is 11.2. The molecule has 0 bridgehead atoms. The minimum absolute atomic E-state index is 0.751. The second kappa shape index (κ2) is 5.07. The van der Waals surface area contributed by atoms with Crippen molar-refractivity contribution in [3.63, 3.8) is 0 Å². The molecule has 0 spiro atoms. The fourth-order valence-corrected chi connectivity index (χ4v) is 3.48. The van der Waals surface area contributed by atoms with Crippen LogP contribution in [-0.4, -0.2) is 29.8 Å². The summed E-state index contributed by atoms with van der Waals surface area (Å²) < 4.78 is 23.5. The molecule has 0 amide bonds. The maximum Gasteiger partial charge on any atom is 0.376 e. The summed E-state index contributed by atoms with van der Waals surface area (Å²) in [6, 6.07) is 1.61. The first-order valence-corrected chi connectivity index (χ1v) is 8.41. The molecule has 0 unspecified atom stereocenters. The molecule has 1 aromatic heterocycles. The monoisotopic (exact) mass is 312 g/mol. The largest absolute Gasteiger partial charge is 0.376 e. The highest BCUT2D eigenvalue weighted by molar-refractivity contribution is 7.72. The van der Waals surface area contributed by atoms with Gasteiger partial charge in [-0.3, -0.25) is 9.13 Å². The van der Waals surface area contributed by atoms with Gasteiger partial charge in [0.15, 0.2) is 12.4 Å². The first-order valence-electron chi connectivity index (χ1n) is 5.18. The summed E-state index contributed by atoms with van der Waals surface area (Å²) in [6.07, 6.45) is 2.81. The van der Waals surface area contributed by atoms with Gasteiger partial charge in [-0.2, -0.15) is 0 Å². The molecule has 5 N–H and O–H groups in total. The van der Waals surface area contributed by atoms with E-state index in [1.165, 1.54) is 12.4 Å². The van der Waals surface area contributed by atoms with Crippen LogP contribution in [0.5, 0.6) is 0 Å². The molecule has 1 aromatic rings. The molecule has 8 nitrogen and oxygen atoms in total. The number of hydrogen-bond donors (Lipinski definition) is 5. The summed E-state index contributed by atoms with van der Waals surface area (Å²) in [5.74, 6) is 0. The molecule has 0 aliphatic carbocycles. The standard InChI is InChI=1S/C9H15NO7P2/c1-7-3-4-10(5-8(7)2)6-9(11,18(12,13)14)19(15,16)17/h3-5,11H,6H2,1-2H3,(H3-,12,13,14,15,16,17)/p+1. The van der Waals surface area contributed by atoms with Crippen LogP contribution in [0.2, 0.25) is 0 Å². The molecule has 19 heavy (non-hydrogen) atoms. The molecule has 0 fully saturated rings. The highest BCUT2D eigenvalue weighted by Gasteiger charge is 2.62. The normalized spacial score (nSPS) is 13.6. The van der Waals surface area contributed by atoms with E-state index in [9.17, 15) is 14.2 Å². The number of nitrogens with zero attached hydrogens (tertiary/aromatic N) is 1. The Labute approximate surface area is 109 Å². The number of aliphatic hydroxyl groups is 1. The minimum Gasteiger partial charge on any atom is -0.363 e. The van der Waals surface area contributed by atoms with Crippen LogP contribution in [0.15, 0.2) is 18.5 Å². The van der Waals surface area contributed by atoms with E-state index in [1.807, 2.05) is 0 Å². The van der Waals surface area contributed by atoms with Crippen molar-refractivity contribution in [3.05, 3.63) is 29.6 Å².